The number of rotatable bonds is 8. The fourth-order valence-electron chi connectivity index (χ4n) is 2.78. The largest absolute Gasteiger partial charge is 0.292 e. The zero-order chi connectivity index (χ0) is 12.0. The van der Waals surface area contributed by atoms with Gasteiger partial charge < -0.3 is 0 Å². The lowest BCUT2D eigenvalue weighted by atomic mass is 9.74. The molecule has 16 heavy (non-hydrogen) atoms. The summed E-state index contributed by atoms with van der Waals surface area (Å²) in [5.41, 5.74) is 0. The lowest BCUT2D eigenvalue weighted by molar-refractivity contribution is -0.0426. The van der Waals surface area contributed by atoms with Crippen molar-refractivity contribution in [2.75, 3.05) is 6.54 Å². The van der Waals surface area contributed by atoms with E-state index >= 15 is 0 Å². The van der Waals surface area contributed by atoms with Crippen LogP contribution in [0.2, 0.25) is 0 Å². The number of hydrogen-bond acceptors (Lipinski definition) is 1. The minimum Gasteiger partial charge on any atom is -0.292 e. The van der Waals surface area contributed by atoms with Crippen LogP contribution >= 0.6 is 0 Å². The minimum atomic E-state index is 0.610. The quantitative estimate of drug-likeness (QED) is 0.562. The fourth-order valence-corrected chi connectivity index (χ4v) is 2.78. The van der Waals surface area contributed by atoms with E-state index < -0.39 is 0 Å². The summed E-state index contributed by atoms with van der Waals surface area (Å²) in [7, 11) is 0. The molecular weight excluding hydrogens is 194 g/mol. The average molecular weight is 217 g/mol. The van der Waals surface area contributed by atoms with Gasteiger partial charge in [-0.3, -0.25) is 4.90 Å². The van der Waals surface area contributed by atoms with Gasteiger partial charge in [0.1, 0.15) is 0 Å². The number of likely N-dealkylation sites (tertiary alicyclic amines) is 1. The summed E-state index contributed by atoms with van der Waals surface area (Å²) in [5, 5.41) is 0. The summed E-state index contributed by atoms with van der Waals surface area (Å²) >= 11 is 0. The normalized spacial score (nSPS) is 29.1. The van der Waals surface area contributed by atoms with Crippen molar-refractivity contribution in [3.05, 3.63) is 50.6 Å². The van der Waals surface area contributed by atoms with Crippen molar-refractivity contribution in [3.8, 4) is 0 Å². The first-order valence-corrected chi connectivity index (χ1v) is 5.99. The number of allylic oxidation sites excluding steroid dienone is 1. The zero-order valence-electron chi connectivity index (χ0n) is 10.1. The maximum Gasteiger partial charge on any atom is 0.0182 e. The molecule has 1 aliphatic heterocycles. The van der Waals surface area contributed by atoms with Gasteiger partial charge in [-0.05, 0) is 25.2 Å². The fraction of sp³-hybridized carbons (Fsp3) is 0.467. The van der Waals surface area contributed by atoms with Crippen molar-refractivity contribution in [1.29, 1.82) is 0 Å². The third-order valence-corrected chi connectivity index (χ3v) is 3.44. The van der Waals surface area contributed by atoms with E-state index in [2.05, 4.69) is 31.2 Å². The van der Waals surface area contributed by atoms with Crippen molar-refractivity contribution in [1.82, 2.24) is 4.90 Å². The molecular formula is C15H23N. The van der Waals surface area contributed by atoms with Crippen molar-refractivity contribution in [2.45, 2.75) is 31.3 Å². The molecule has 1 nitrogen and oxygen atoms in total. The Balaban J connectivity index is 2.69. The molecule has 88 valence electrons. The van der Waals surface area contributed by atoms with Crippen molar-refractivity contribution in [3.63, 3.8) is 0 Å². The van der Waals surface area contributed by atoms with Crippen LogP contribution in [0, 0.1) is 5.92 Å². The monoisotopic (exact) mass is 217 g/mol. The van der Waals surface area contributed by atoms with Gasteiger partial charge in [0.2, 0.25) is 0 Å². The Labute approximate surface area is 99.8 Å². The van der Waals surface area contributed by atoms with Gasteiger partial charge in [0.15, 0.2) is 0 Å². The van der Waals surface area contributed by atoms with E-state index in [1.807, 2.05) is 24.3 Å². The summed E-state index contributed by atoms with van der Waals surface area (Å²) in [4.78, 5) is 2.50. The van der Waals surface area contributed by atoms with Crippen LogP contribution in [0.1, 0.15) is 19.3 Å². The molecule has 2 unspecified atom stereocenters. The molecule has 1 saturated heterocycles. The van der Waals surface area contributed by atoms with Crippen molar-refractivity contribution >= 4 is 0 Å². The van der Waals surface area contributed by atoms with Gasteiger partial charge in [-0.2, -0.15) is 0 Å². The first kappa shape index (κ1) is 13.0. The molecule has 2 atom stereocenters. The Morgan fingerprint density at radius 3 is 1.62 bits per heavy atom. The van der Waals surface area contributed by atoms with E-state index in [0.717, 1.165) is 25.8 Å². The van der Waals surface area contributed by atoms with E-state index in [1.165, 1.54) is 0 Å². The number of hydrogen-bond donors (Lipinski definition) is 0. The Morgan fingerprint density at radius 2 is 1.25 bits per heavy atom. The Bertz CT molecular complexity index is 203. The molecule has 0 aromatic rings. The first-order chi connectivity index (χ1) is 7.79. The molecule has 1 heteroatoms. The van der Waals surface area contributed by atoms with E-state index in [0.29, 0.717) is 18.0 Å². The first-order valence-electron chi connectivity index (χ1n) is 5.99. The summed E-state index contributed by atoms with van der Waals surface area (Å²) in [6, 6.07) is 1.22. The number of nitrogens with zero attached hydrogens (tertiary/aromatic N) is 1. The molecule has 1 heterocycles. The predicted molar refractivity (Wildman–Crippen MR) is 72.4 cm³/mol. The second-order valence-electron chi connectivity index (χ2n) is 4.36. The van der Waals surface area contributed by atoms with Crippen LogP contribution in [-0.2, 0) is 0 Å². The van der Waals surface area contributed by atoms with Crippen LogP contribution in [0.25, 0.3) is 0 Å². The van der Waals surface area contributed by atoms with Crippen LogP contribution in [0.3, 0.4) is 0 Å². The molecule has 0 spiro atoms. The molecule has 0 aromatic carbocycles. The maximum atomic E-state index is 3.85. The highest BCUT2D eigenvalue weighted by atomic mass is 15.3. The molecule has 0 aliphatic carbocycles. The minimum absolute atomic E-state index is 0.610. The molecule has 1 aliphatic rings. The zero-order valence-corrected chi connectivity index (χ0v) is 10.1. The second-order valence-corrected chi connectivity index (χ2v) is 4.36. The SMILES string of the molecule is C=CCC1C(CC=C)N(CC=C)C1CC=C. The molecule has 0 N–H and O–H groups in total. The molecule has 0 bridgehead atoms. The Hall–Kier alpha value is -1.08. The van der Waals surface area contributed by atoms with Crippen LogP contribution in [0.15, 0.2) is 50.6 Å². The van der Waals surface area contributed by atoms with E-state index in [4.69, 9.17) is 0 Å². The highest BCUT2D eigenvalue weighted by Gasteiger charge is 2.44. The topological polar surface area (TPSA) is 3.24 Å². The molecule has 0 radical (unpaired) electrons. The summed E-state index contributed by atoms with van der Waals surface area (Å²) in [6.45, 7) is 16.3. The Kier molecular flexibility index (Phi) is 5.27. The average Bonchev–Trinajstić information content (AvgIpc) is 2.30. The predicted octanol–water partition coefficient (Wildman–Crippen LogP) is 3.57. The molecule has 1 rings (SSSR count). The van der Waals surface area contributed by atoms with Gasteiger partial charge in [-0.25, -0.2) is 0 Å². The highest BCUT2D eigenvalue weighted by Crippen LogP contribution is 2.39. The standard InChI is InChI=1S/C15H23N/c1-5-9-13-14(10-6-2)16(12-8-4)15(13)11-7-3/h5-8,13-15H,1-4,9-12H2. The second kappa shape index (κ2) is 6.49. The van der Waals surface area contributed by atoms with Gasteiger partial charge in [0.25, 0.3) is 0 Å². The van der Waals surface area contributed by atoms with Gasteiger partial charge in [-0.1, -0.05) is 24.3 Å². The smallest absolute Gasteiger partial charge is 0.0182 e. The molecule has 0 saturated carbocycles. The van der Waals surface area contributed by atoms with E-state index in [1.54, 1.807) is 0 Å². The van der Waals surface area contributed by atoms with Gasteiger partial charge >= 0.3 is 0 Å². The van der Waals surface area contributed by atoms with Gasteiger partial charge in [-0.15, -0.1) is 26.3 Å². The van der Waals surface area contributed by atoms with Gasteiger partial charge in [0.05, 0.1) is 0 Å². The lowest BCUT2D eigenvalue weighted by Gasteiger charge is -2.55. The summed E-state index contributed by atoms with van der Waals surface area (Å²) in [6.07, 6.45) is 11.2. The van der Waals surface area contributed by atoms with Crippen LogP contribution < -0.4 is 0 Å². The van der Waals surface area contributed by atoms with E-state index in [9.17, 15) is 0 Å². The van der Waals surface area contributed by atoms with E-state index in [-0.39, 0.29) is 0 Å². The third-order valence-electron chi connectivity index (χ3n) is 3.44. The lowest BCUT2D eigenvalue weighted by Crippen LogP contribution is -2.63. The third kappa shape index (κ3) is 2.53. The molecule has 0 amide bonds. The Morgan fingerprint density at radius 1 is 0.750 bits per heavy atom. The highest BCUT2D eigenvalue weighted by molar-refractivity contribution is 5.07. The summed E-state index contributed by atoms with van der Waals surface area (Å²) in [5.74, 6) is 0.702. The van der Waals surface area contributed by atoms with Crippen LogP contribution in [0.4, 0.5) is 0 Å². The maximum absolute atomic E-state index is 3.85. The van der Waals surface area contributed by atoms with Crippen molar-refractivity contribution in [2.24, 2.45) is 5.92 Å². The van der Waals surface area contributed by atoms with Crippen LogP contribution in [0.5, 0.6) is 0 Å². The van der Waals surface area contributed by atoms with Gasteiger partial charge in [0, 0.05) is 18.6 Å². The van der Waals surface area contributed by atoms with Crippen LogP contribution in [-0.4, -0.2) is 23.5 Å². The van der Waals surface area contributed by atoms with Crippen molar-refractivity contribution < 1.29 is 0 Å². The molecule has 0 aromatic heterocycles. The summed E-state index contributed by atoms with van der Waals surface area (Å²) < 4.78 is 0. The molecule has 1 fully saturated rings.